The van der Waals surface area contributed by atoms with Crippen molar-refractivity contribution in [1.29, 1.82) is 0 Å². The Kier molecular flexibility index (Phi) is 6.49. The molecule has 1 aromatic rings. The maximum Gasteiger partial charge on any atom is 0.191 e. The summed E-state index contributed by atoms with van der Waals surface area (Å²) in [6, 6.07) is 0.571. The van der Waals surface area contributed by atoms with Gasteiger partial charge in [-0.1, -0.05) is 13.8 Å². The number of nitrogens with one attached hydrogen (secondary N) is 2. The second-order valence-corrected chi connectivity index (χ2v) is 7.07. The van der Waals surface area contributed by atoms with Crippen LogP contribution in [-0.4, -0.2) is 23.5 Å². The standard InChI is InChI=1S/C16H28N4S/c1-4-14-10-18-15(21-14)11-19-16(17-5-2)20-13-8-6-12(3)7-9-13/h10,12-13H,4-9,11H2,1-3H3,(H2,17,19,20). The molecule has 5 heteroatoms. The molecule has 118 valence electrons. The molecule has 0 radical (unpaired) electrons. The zero-order chi connectivity index (χ0) is 15.1. The van der Waals surface area contributed by atoms with E-state index in [1.807, 2.05) is 6.20 Å². The van der Waals surface area contributed by atoms with Crippen molar-refractivity contribution in [3.63, 3.8) is 0 Å². The molecule has 2 N–H and O–H groups in total. The van der Waals surface area contributed by atoms with E-state index in [1.165, 1.54) is 30.6 Å². The summed E-state index contributed by atoms with van der Waals surface area (Å²) in [6.45, 7) is 8.19. The van der Waals surface area contributed by atoms with Crippen LogP contribution in [0.3, 0.4) is 0 Å². The molecule has 0 atom stereocenters. The van der Waals surface area contributed by atoms with Crippen LogP contribution >= 0.6 is 11.3 Å². The van der Waals surface area contributed by atoms with E-state index in [0.29, 0.717) is 12.6 Å². The fourth-order valence-corrected chi connectivity index (χ4v) is 3.44. The minimum Gasteiger partial charge on any atom is -0.357 e. The third kappa shape index (κ3) is 5.30. The second-order valence-electron chi connectivity index (χ2n) is 5.87. The van der Waals surface area contributed by atoms with Crippen molar-refractivity contribution in [2.75, 3.05) is 6.54 Å². The molecule has 4 nitrogen and oxygen atoms in total. The summed E-state index contributed by atoms with van der Waals surface area (Å²) in [5, 5.41) is 8.03. The molecule has 0 unspecified atom stereocenters. The Bertz CT molecular complexity index is 447. The molecule has 1 aliphatic carbocycles. The Morgan fingerprint density at radius 3 is 2.71 bits per heavy atom. The van der Waals surface area contributed by atoms with Crippen LogP contribution in [0.25, 0.3) is 0 Å². The molecule has 1 fully saturated rings. The minimum absolute atomic E-state index is 0.571. The number of hydrogen-bond acceptors (Lipinski definition) is 3. The number of aliphatic imine (C=N–C) groups is 1. The van der Waals surface area contributed by atoms with Gasteiger partial charge in [0, 0.05) is 23.7 Å². The lowest BCUT2D eigenvalue weighted by Crippen LogP contribution is -2.44. The zero-order valence-electron chi connectivity index (χ0n) is 13.5. The van der Waals surface area contributed by atoms with Crippen molar-refractivity contribution < 1.29 is 0 Å². The van der Waals surface area contributed by atoms with Gasteiger partial charge in [0.15, 0.2) is 5.96 Å². The number of aromatic nitrogens is 1. The number of thiazole rings is 1. The van der Waals surface area contributed by atoms with Crippen LogP contribution in [0.1, 0.15) is 56.3 Å². The van der Waals surface area contributed by atoms with Gasteiger partial charge in [0.05, 0.1) is 6.54 Å². The summed E-state index contributed by atoms with van der Waals surface area (Å²) >= 11 is 1.77. The van der Waals surface area contributed by atoms with Crippen LogP contribution in [0.15, 0.2) is 11.2 Å². The second kappa shape index (κ2) is 8.37. The predicted octanol–water partition coefficient (Wildman–Crippen LogP) is 3.34. The average Bonchev–Trinajstić information content (AvgIpc) is 2.95. The van der Waals surface area contributed by atoms with E-state index in [-0.39, 0.29) is 0 Å². The van der Waals surface area contributed by atoms with E-state index >= 15 is 0 Å². The molecule has 1 aliphatic rings. The number of hydrogen-bond donors (Lipinski definition) is 2. The molecule has 0 saturated heterocycles. The number of aryl methyl sites for hydroxylation is 1. The van der Waals surface area contributed by atoms with E-state index in [2.05, 4.69) is 41.4 Å². The number of guanidine groups is 1. The molecule has 1 saturated carbocycles. The van der Waals surface area contributed by atoms with Crippen molar-refractivity contribution in [3.05, 3.63) is 16.1 Å². The minimum atomic E-state index is 0.571. The van der Waals surface area contributed by atoms with Crippen LogP contribution in [-0.2, 0) is 13.0 Å². The highest BCUT2D eigenvalue weighted by molar-refractivity contribution is 7.11. The van der Waals surface area contributed by atoms with E-state index in [4.69, 9.17) is 0 Å². The smallest absolute Gasteiger partial charge is 0.191 e. The molecule has 0 amide bonds. The third-order valence-corrected chi connectivity index (χ3v) is 5.15. The van der Waals surface area contributed by atoms with Gasteiger partial charge in [-0.3, -0.25) is 0 Å². The molecular weight excluding hydrogens is 280 g/mol. The van der Waals surface area contributed by atoms with Gasteiger partial charge < -0.3 is 10.6 Å². The normalized spacial score (nSPS) is 23.1. The lowest BCUT2D eigenvalue weighted by atomic mass is 9.87. The topological polar surface area (TPSA) is 49.3 Å². The van der Waals surface area contributed by atoms with Crippen molar-refractivity contribution in [1.82, 2.24) is 15.6 Å². The zero-order valence-corrected chi connectivity index (χ0v) is 14.3. The van der Waals surface area contributed by atoms with Gasteiger partial charge in [0.2, 0.25) is 0 Å². The summed E-state index contributed by atoms with van der Waals surface area (Å²) in [7, 11) is 0. The Morgan fingerprint density at radius 2 is 2.10 bits per heavy atom. The van der Waals surface area contributed by atoms with Crippen molar-refractivity contribution in [2.24, 2.45) is 10.9 Å². The Labute approximate surface area is 132 Å². The van der Waals surface area contributed by atoms with E-state index in [0.717, 1.165) is 29.9 Å². The van der Waals surface area contributed by atoms with Crippen LogP contribution in [0.5, 0.6) is 0 Å². The van der Waals surface area contributed by atoms with Crippen molar-refractivity contribution in [3.8, 4) is 0 Å². The van der Waals surface area contributed by atoms with Gasteiger partial charge in [-0.15, -0.1) is 11.3 Å². The fourth-order valence-electron chi connectivity index (χ4n) is 2.65. The van der Waals surface area contributed by atoms with Crippen LogP contribution in [0, 0.1) is 5.92 Å². The SMILES string of the molecule is CCNC(=NCc1ncc(CC)s1)NC1CCC(C)CC1. The molecule has 21 heavy (non-hydrogen) atoms. The quantitative estimate of drug-likeness (QED) is 0.648. The van der Waals surface area contributed by atoms with Crippen LogP contribution in [0.4, 0.5) is 0 Å². The molecule has 0 aromatic carbocycles. The van der Waals surface area contributed by atoms with Gasteiger partial charge in [-0.05, 0) is 44.9 Å². The highest BCUT2D eigenvalue weighted by Gasteiger charge is 2.18. The molecule has 2 rings (SSSR count). The summed E-state index contributed by atoms with van der Waals surface area (Å²) in [5.41, 5.74) is 0. The van der Waals surface area contributed by atoms with Gasteiger partial charge in [0.25, 0.3) is 0 Å². The van der Waals surface area contributed by atoms with E-state index in [9.17, 15) is 0 Å². The van der Waals surface area contributed by atoms with Crippen molar-refractivity contribution >= 4 is 17.3 Å². The first-order valence-electron chi connectivity index (χ1n) is 8.19. The predicted molar refractivity (Wildman–Crippen MR) is 90.9 cm³/mol. The molecular formula is C16H28N4S. The highest BCUT2D eigenvalue weighted by atomic mass is 32.1. The molecule has 0 spiro atoms. The fraction of sp³-hybridized carbons (Fsp3) is 0.750. The van der Waals surface area contributed by atoms with Gasteiger partial charge in [0.1, 0.15) is 5.01 Å². The molecule has 0 bridgehead atoms. The molecule has 1 aromatic heterocycles. The molecule has 0 aliphatic heterocycles. The first-order chi connectivity index (χ1) is 10.2. The first-order valence-corrected chi connectivity index (χ1v) is 9.01. The van der Waals surface area contributed by atoms with Gasteiger partial charge in [-0.2, -0.15) is 0 Å². The summed E-state index contributed by atoms with van der Waals surface area (Å²) in [5.74, 6) is 1.82. The summed E-state index contributed by atoms with van der Waals surface area (Å²) in [6.07, 6.45) is 8.18. The van der Waals surface area contributed by atoms with Gasteiger partial charge in [-0.25, -0.2) is 9.98 Å². The Morgan fingerprint density at radius 1 is 1.33 bits per heavy atom. The van der Waals surface area contributed by atoms with E-state index in [1.54, 1.807) is 11.3 Å². The Hall–Kier alpha value is -1.10. The third-order valence-electron chi connectivity index (χ3n) is 4.02. The van der Waals surface area contributed by atoms with E-state index < -0.39 is 0 Å². The average molecular weight is 308 g/mol. The maximum absolute atomic E-state index is 4.69. The number of nitrogens with zero attached hydrogens (tertiary/aromatic N) is 2. The largest absolute Gasteiger partial charge is 0.357 e. The monoisotopic (exact) mass is 308 g/mol. The van der Waals surface area contributed by atoms with Gasteiger partial charge >= 0.3 is 0 Å². The molecule has 1 heterocycles. The Balaban J connectivity index is 1.89. The first kappa shape index (κ1) is 16.3. The maximum atomic E-state index is 4.69. The summed E-state index contributed by atoms with van der Waals surface area (Å²) in [4.78, 5) is 10.5. The lowest BCUT2D eigenvalue weighted by molar-refractivity contribution is 0.329. The van der Waals surface area contributed by atoms with Crippen LogP contribution in [0.2, 0.25) is 0 Å². The lowest BCUT2D eigenvalue weighted by Gasteiger charge is -2.28. The van der Waals surface area contributed by atoms with Crippen LogP contribution < -0.4 is 10.6 Å². The summed E-state index contributed by atoms with van der Waals surface area (Å²) < 4.78 is 0. The van der Waals surface area contributed by atoms with Crippen molar-refractivity contribution in [2.45, 2.75) is 65.5 Å². The highest BCUT2D eigenvalue weighted by Crippen LogP contribution is 2.23. The number of rotatable bonds is 5.